The zero-order valence-corrected chi connectivity index (χ0v) is 21.6. The van der Waals surface area contributed by atoms with Crippen molar-refractivity contribution in [2.24, 2.45) is 0 Å². The number of nitrogens with one attached hydrogen (secondary N) is 1. The summed E-state index contributed by atoms with van der Waals surface area (Å²) in [6, 6.07) is 15.9. The zero-order chi connectivity index (χ0) is 24.6. The standard InChI is InChI=1S/C30H35N5O/c1-4-28-33-29-20(2)15-21(3)31-30(29)35(28)19-23-6-10-27-25(17-23)8-7-24-16-22(5-9-26(24)32-27)18-34-11-13-36-14-12-34/h5-6,9-10,15-17,32H,4,7-8,11-14,18-19H2,1-3H3. The Morgan fingerprint density at radius 3 is 2.19 bits per heavy atom. The van der Waals surface area contributed by atoms with Gasteiger partial charge in [-0.25, -0.2) is 9.97 Å². The van der Waals surface area contributed by atoms with E-state index in [1.54, 1.807) is 0 Å². The van der Waals surface area contributed by atoms with Crippen LogP contribution >= 0.6 is 0 Å². The van der Waals surface area contributed by atoms with Gasteiger partial charge in [-0.1, -0.05) is 31.2 Å². The van der Waals surface area contributed by atoms with Crippen LogP contribution in [0.3, 0.4) is 0 Å². The summed E-state index contributed by atoms with van der Waals surface area (Å²) in [6.07, 6.45) is 2.97. The third kappa shape index (κ3) is 4.51. The molecule has 2 aliphatic rings. The molecule has 2 aliphatic heterocycles. The van der Waals surface area contributed by atoms with Crippen molar-refractivity contribution in [1.29, 1.82) is 0 Å². The molecule has 36 heavy (non-hydrogen) atoms. The maximum atomic E-state index is 5.51. The second-order valence-electron chi connectivity index (χ2n) is 10.2. The first-order chi connectivity index (χ1) is 17.6. The Bertz CT molecular complexity index is 1420. The topological polar surface area (TPSA) is 55.2 Å². The average molecular weight is 482 g/mol. The summed E-state index contributed by atoms with van der Waals surface area (Å²) in [5, 5.41) is 3.72. The molecule has 0 aliphatic carbocycles. The molecule has 1 saturated heterocycles. The summed E-state index contributed by atoms with van der Waals surface area (Å²) in [6.45, 7) is 11.9. The molecule has 0 spiro atoms. The van der Waals surface area contributed by atoms with Crippen LogP contribution in [-0.2, 0) is 37.1 Å². The number of imidazole rings is 1. The molecule has 0 amide bonds. The number of hydrogen-bond acceptors (Lipinski definition) is 5. The van der Waals surface area contributed by atoms with E-state index in [0.29, 0.717) is 0 Å². The maximum absolute atomic E-state index is 5.51. The lowest BCUT2D eigenvalue weighted by atomic mass is 10.0. The summed E-state index contributed by atoms with van der Waals surface area (Å²) in [4.78, 5) is 12.3. The number of anilines is 2. The van der Waals surface area contributed by atoms with Crippen LogP contribution in [0.2, 0.25) is 0 Å². The lowest BCUT2D eigenvalue weighted by Crippen LogP contribution is -2.35. The quantitative estimate of drug-likeness (QED) is 0.417. The van der Waals surface area contributed by atoms with Crippen LogP contribution in [0, 0.1) is 13.8 Å². The average Bonchev–Trinajstić information content (AvgIpc) is 3.12. The molecule has 0 radical (unpaired) electrons. The lowest BCUT2D eigenvalue weighted by molar-refractivity contribution is 0.0342. The normalized spacial score (nSPS) is 15.9. The van der Waals surface area contributed by atoms with Crippen LogP contribution in [-0.4, -0.2) is 45.7 Å². The highest BCUT2D eigenvalue weighted by molar-refractivity contribution is 5.76. The molecule has 0 atom stereocenters. The van der Waals surface area contributed by atoms with E-state index in [1.165, 1.54) is 39.2 Å². The number of ether oxygens (including phenoxy) is 1. The minimum atomic E-state index is 0.791. The summed E-state index contributed by atoms with van der Waals surface area (Å²) in [5.74, 6) is 1.10. The fraction of sp³-hybridized carbons (Fsp3) is 0.400. The Morgan fingerprint density at radius 2 is 1.53 bits per heavy atom. The number of pyridine rings is 1. The maximum Gasteiger partial charge on any atom is 0.160 e. The Hall–Kier alpha value is -3.22. The van der Waals surface area contributed by atoms with Gasteiger partial charge >= 0.3 is 0 Å². The third-order valence-corrected chi connectivity index (χ3v) is 7.54. The number of benzene rings is 2. The predicted molar refractivity (Wildman–Crippen MR) is 145 cm³/mol. The largest absolute Gasteiger partial charge is 0.379 e. The van der Waals surface area contributed by atoms with Gasteiger partial charge in [-0.2, -0.15) is 0 Å². The van der Waals surface area contributed by atoms with Crippen LogP contribution in [0.1, 0.15) is 46.3 Å². The molecule has 0 bridgehead atoms. The second-order valence-corrected chi connectivity index (χ2v) is 10.2. The summed E-state index contributed by atoms with van der Waals surface area (Å²) in [5.41, 5.74) is 12.2. The number of fused-ring (bicyclic) bond motifs is 3. The van der Waals surface area contributed by atoms with Gasteiger partial charge in [-0.05, 0) is 72.7 Å². The highest BCUT2D eigenvalue weighted by Gasteiger charge is 2.18. The van der Waals surface area contributed by atoms with Crippen molar-refractivity contribution in [1.82, 2.24) is 19.4 Å². The van der Waals surface area contributed by atoms with Gasteiger partial charge in [0.1, 0.15) is 11.3 Å². The molecule has 2 aromatic carbocycles. The molecule has 0 saturated carbocycles. The van der Waals surface area contributed by atoms with E-state index in [9.17, 15) is 0 Å². The fourth-order valence-corrected chi connectivity index (χ4v) is 5.65. The van der Waals surface area contributed by atoms with Gasteiger partial charge in [0.25, 0.3) is 0 Å². The number of aryl methyl sites for hydroxylation is 5. The molecule has 4 heterocycles. The molecule has 4 aromatic rings. The van der Waals surface area contributed by atoms with Crippen molar-refractivity contribution >= 4 is 22.5 Å². The monoisotopic (exact) mass is 481 g/mol. The smallest absolute Gasteiger partial charge is 0.160 e. The van der Waals surface area contributed by atoms with Gasteiger partial charge in [0.2, 0.25) is 0 Å². The van der Waals surface area contributed by atoms with E-state index in [-0.39, 0.29) is 0 Å². The van der Waals surface area contributed by atoms with Crippen LogP contribution in [0.25, 0.3) is 11.2 Å². The Kier molecular flexibility index (Phi) is 6.23. The van der Waals surface area contributed by atoms with E-state index in [4.69, 9.17) is 14.7 Å². The SMILES string of the molecule is CCc1nc2c(C)cc(C)nc2n1Cc1ccc2c(c1)CCc1cc(CN3CCOCC3)ccc1N2. The summed E-state index contributed by atoms with van der Waals surface area (Å²) in [7, 11) is 0. The Labute approximate surface area is 213 Å². The minimum Gasteiger partial charge on any atom is -0.379 e. The first kappa shape index (κ1) is 23.2. The Morgan fingerprint density at radius 1 is 0.861 bits per heavy atom. The van der Waals surface area contributed by atoms with Gasteiger partial charge in [0.15, 0.2) is 5.65 Å². The molecule has 1 fully saturated rings. The number of morpholine rings is 1. The van der Waals surface area contributed by atoms with Crippen molar-refractivity contribution in [3.63, 3.8) is 0 Å². The highest BCUT2D eigenvalue weighted by Crippen LogP contribution is 2.32. The summed E-state index contributed by atoms with van der Waals surface area (Å²) < 4.78 is 7.81. The van der Waals surface area contributed by atoms with Gasteiger partial charge in [0, 0.05) is 43.1 Å². The number of aromatic nitrogens is 3. The van der Waals surface area contributed by atoms with E-state index in [0.717, 1.165) is 81.3 Å². The number of hydrogen-bond donors (Lipinski definition) is 1. The van der Waals surface area contributed by atoms with Gasteiger partial charge in [0.05, 0.1) is 19.8 Å². The van der Waals surface area contributed by atoms with E-state index < -0.39 is 0 Å². The first-order valence-electron chi connectivity index (χ1n) is 13.2. The molecule has 2 aromatic heterocycles. The van der Waals surface area contributed by atoms with Crippen molar-refractivity contribution in [2.45, 2.75) is 53.1 Å². The van der Waals surface area contributed by atoms with E-state index in [2.05, 4.69) is 78.0 Å². The molecule has 1 N–H and O–H groups in total. The molecule has 6 rings (SSSR count). The van der Waals surface area contributed by atoms with Crippen molar-refractivity contribution in [3.05, 3.63) is 81.8 Å². The Balaban J connectivity index is 1.24. The van der Waals surface area contributed by atoms with Crippen LogP contribution in [0.15, 0.2) is 42.5 Å². The number of nitrogens with zero attached hydrogens (tertiary/aromatic N) is 4. The second kappa shape index (κ2) is 9.68. The molecule has 6 heteroatoms. The van der Waals surface area contributed by atoms with Gasteiger partial charge < -0.3 is 14.6 Å². The van der Waals surface area contributed by atoms with Crippen molar-refractivity contribution < 1.29 is 4.74 Å². The van der Waals surface area contributed by atoms with Crippen molar-refractivity contribution in [3.8, 4) is 0 Å². The van der Waals surface area contributed by atoms with E-state index in [1.807, 2.05) is 0 Å². The highest BCUT2D eigenvalue weighted by atomic mass is 16.5. The molecule has 186 valence electrons. The fourth-order valence-electron chi connectivity index (χ4n) is 5.65. The van der Waals surface area contributed by atoms with Gasteiger partial charge in [-0.3, -0.25) is 4.90 Å². The summed E-state index contributed by atoms with van der Waals surface area (Å²) >= 11 is 0. The van der Waals surface area contributed by atoms with Crippen LogP contribution in [0.4, 0.5) is 11.4 Å². The van der Waals surface area contributed by atoms with Crippen LogP contribution in [0.5, 0.6) is 0 Å². The zero-order valence-electron chi connectivity index (χ0n) is 21.6. The number of rotatable bonds is 5. The molecule has 0 unspecified atom stereocenters. The first-order valence-corrected chi connectivity index (χ1v) is 13.2. The van der Waals surface area contributed by atoms with E-state index >= 15 is 0 Å². The van der Waals surface area contributed by atoms with Crippen molar-refractivity contribution in [2.75, 3.05) is 31.6 Å². The minimum absolute atomic E-state index is 0.791. The van der Waals surface area contributed by atoms with Gasteiger partial charge in [-0.15, -0.1) is 0 Å². The molecular weight excluding hydrogens is 446 g/mol. The predicted octanol–water partition coefficient (Wildman–Crippen LogP) is 5.33. The van der Waals surface area contributed by atoms with Crippen LogP contribution < -0.4 is 5.32 Å². The lowest BCUT2D eigenvalue weighted by Gasteiger charge is -2.26. The molecular formula is C30H35N5O. The molecule has 6 nitrogen and oxygen atoms in total. The third-order valence-electron chi connectivity index (χ3n) is 7.54.